The lowest BCUT2D eigenvalue weighted by Crippen LogP contribution is -1.96. The number of hydrogen-bond acceptors (Lipinski definition) is 1. The molecule has 0 atom stereocenters. The zero-order chi connectivity index (χ0) is 15.0. The van der Waals surface area contributed by atoms with Crippen molar-refractivity contribution in [3.8, 4) is 11.1 Å². The lowest BCUT2D eigenvalue weighted by atomic mass is 10.0. The van der Waals surface area contributed by atoms with E-state index >= 15 is 0 Å². The van der Waals surface area contributed by atoms with Gasteiger partial charge in [0.05, 0.1) is 11.1 Å². The summed E-state index contributed by atoms with van der Waals surface area (Å²) >= 11 is 0. The van der Waals surface area contributed by atoms with Crippen molar-refractivity contribution in [2.24, 2.45) is 0 Å². The maximum atomic E-state index is 12.8. The molecule has 3 rings (SSSR count). The van der Waals surface area contributed by atoms with E-state index in [2.05, 4.69) is 0 Å². The van der Waals surface area contributed by atoms with Crippen LogP contribution in [0.15, 0.2) is 54.7 Å². The van der Waals surface area contributed by atoms with E-state index in [0.717, 1.165) is 15.7 Å². The predicted octanol–water partition coefficient (Wildman–Crippen LogP) is 4.40. The topological polar surface area (TPSA) is 42.2 Å². The first kappa shape index (κ1) is 13.3. The highest BCUT2D eigenvalue weighted by Gasteiger charge is 2.10. The average molecular weight is 287 g/mol. The summed E-state index contributed by atoms with van der Waals surface area (Å²) in [6, 6.07) is 13.2. The van der Waals surface area contributed by atoms with Crippen LogP contribution in [-0.2, 0) is 0 Å². The fourth-order valence-electron chi connectivity index (χ4n) is 2.35. The fourth-order valence-corrected chi connectivity index (χ4v) is 2.35. The molecule has 21 heavy (non-hydrogen) atoms. The van der Waals surface area contributed by atoms with Gasteiger partial charge in [0.15, 0.2) is 0 Å². The van der Waals surface area contributed by atoms with E-state index in [9.17, 15) is 13.6 Å². The van der Waals surface area contributed by atoms with Crippen LogP contribution in [0.5, 0.6) is 0 Å². The monoisotopic (exact) mass is 287 g/mol. The molecule has 0 bridgehead atoms. The third-order valence-electron chi connectivity index (χ3n) is 3.37. The Hall–Kier alpha value is -2.69. The molecule has 5 heteroatoms. The van der Waals surface area contributed by atoms with Crippen molar-refractivity contribution in [3.05, 3.63) is 60.3 Å². The van der Waals surface area contributed by atoms with Crippen molar-refractivity contribution in [3.63, 3.8) is 0 Å². The van der Waals surface area contributed by atoms with Crippen molar-refractivity contribution in [2.45, 2.75) is 6.55 Å². The number of fused-ring (bicyclic) bond motifs is 1. The third kappa shape index (κ3) is 2.38. The number of halogens is 2. The lowest BCUT2D eigenvalue weighted by molar-refractivity contribution is 0.0696. The minimum Gasteiger partial charge on any atom is -0.478 e. The van der Waals surface area contributed by atoms with Gasteiger partial charge in [-0.3, -0.25) is 4.57 Å². The van der Waals surface area contributed by atoms with E-state index in [1.807, 2.05) is 0 Å². The first-order valence-corrected chi connectivity index (χ1v) is 6.29. The van der Waals surface area contributed by atoms with Gasteiger partial charge in [0, 0.05) is 11.6 Å². The van der Waals surface area contributed by atoms with Crippen LogP contribution in [0.4, 0.5) is 8.78 Å². The highest BCUT2D eigenvalue weighted by atomic mass is 19.3. The predicted molar refractivity (Wildman–Crippen MR) is 75.6 cm³/mol. The van der Waals surface area contributed by atoms with Gasteiger partial charge in [0.25, 0.3) is 0 Å². The fraction of sp³-hybridized carbons (Fsp3) is 0.0625. The van der Waals surface area contributed by atoms with Gasteiger partial charge < -0.3 is 5.11 Å². The molecular weight excluding hydrogens is 276 g/mol. The second-order valence-corrected chi connectivity index (χ2v) is 4.66. The summed E-state index contributed by atoms with van der Waals surface area (Å²) in [4.78, 5) is 11.0. The molecule has 0 fully saturated rings. The number of hydrogen-bond donors (Lipinski definition) is 1. The molecular formula is C16H11F2NO2. The number of carbonyl (C=O) groups is 1. The van der Waals surface area contributed by atoms with Gasteiger partial charge >= 0.3 is 12.5 Å². The molecule has 106 valence electrons. The lowest BCUT2D eigenvalue weighted by Gasteiger charge is -2.06. The van der Waals surface area contributed by atoms with E-state index in [1.165, 1.54) is 12.3 Å². The number of benzene rings is 2. The molecule has 0 radical (unpaired) electrons. The highest BCUT2D eigenvalue weighted by molar-refractivity contribution is 5.91. The van der Waals surface area contributed by atoms with Gasteiger partial charge in [0.2, 0.25) is 0 Å². The van der Waals surface area contributed by atoms with Crippen molar-refractivity contribution in [1.82, 2.24) is 4.57 Å². The number of rotatable bonds is 3. The van der Waals surface area contributed by atoms with Crippen LogP contribution in [0.25, 0.3) is 22.0 Å². The first-order chi connectivity index (χ1) is 10.1. The molecule has 0 unspecified atom stereocenters. The third-order valence-corrected chi connectivity index (χ3v) is 3.37. The number of aromatic carboxylic acids is 1. The number of alkyl halides is 2. The molecule has 1 aromatic heterocycles. The number of aromatic nitrogens is 1. The van der Waals surface area contributed by atoms with Crippen molar-refractivity contribution in [2.75, 3.05) is 0 Å². The van der Waals surface area contributed by atoms with Crippen LogP contribution >= 0.6 is 0 Å². The van der Waals surface area contributed by atoms with E-state index in [4.69, 9.17) is 5.11 Å². The Kier molecular flexibility index (Phi) is 3.17. The molecule has 2 aromatic carbocycles. The Morgan fingerprint density at radius 3 is 2.52 bits per heavy atom. The normalized spacial score (nSPS) is 11.2. The van der Waals surface area contributed by atoms with E-state index in [1.54, 1.807) is 42.5 Å². The Balaban J connectivity index is 2.09. The summed E-state index contributed by atoms with van der Waals surface area (Å²) in [5.41, 5.74) is 2.17. The van der Waals surface area contributed by atoms with Gasteiger partial charge in [-0.05, 0) is 41.5 Å². The van der Waals surface area contributed by atoms with Gasteiger partial charge in [-0.15, -0.1) is 0 Å². The van der Waals surface area contributed by atoms with Crippen LogP contribution in [0.3, 0.4) is 0 Å². The van der Waals surface area contributed by atoms with E-state index in [0.29, 0.717) is 10.9 Å². The smallest absolute Gasteiger partial charge is 0.335 e. The van der Waals surface area contributed by atoms with Crippen molar-refractivity contribution >= 4 is 16.9 Å². The second kappa shape index (κ2) is 5.01. The Labute approximate surface area is 119 Å². The summed E-state index contributed by atoms with van der Waals surface area (Å²) in [6.45, 7) is -2.58. The quantitative estimate of drug-likeness (QED) is 0.775. The average Bonchev–Trinajstić information content (AvgIpc) is 2.90. The summed E-state index contributed by atoms with van der Waals surface area (Å²) in [7, 11) is 0. The van der Waals surface area contributed by atoms with Gasteiger partial charge in [-0.25, -0.2) is 4.79 Å². The minimum atomic E-state index is -2.58. The Morgan fingerprint density at radius 2 is 1.81 bits per heavy atom. The summed E-state index contributed by atoms with van der Waals surface area (Å²) in [6.07, 6.45) is 1.34. The van der Waals surface area contributed by atoms with Crippen LogP contribution in [0, 0.1) is 0 Å². The first-order valence-electron chi connectivity index (χ1n) is 6.29. The summed E-state index contributed by atoms with van der Waals surface area (Å²) in [5, 5.41) is 9.69. The zero-order valence-corrected chi connectivity index (χ0v) is 10.8. The molecule has 0 amide bonds. The molecule has 3 nitrogen and oxygen atoms in total. The van der Waals surface area contributed by atoms with Crippen molar-refractivity contribution < 1.29 is 18.7 Å². The van der Waals surface area contributed by atoms with E-state index in [-0.39, 0.29) is 5.56 Å². The maximum Gasteiger partial charge on any atom is 0.335 e. The summed E-state index contributed by atoms with van der Waals surface area (Å²) < 4.78 is 26.5. The van der Waals surface area contributed by atoms with Crippen LogP contribution in [0.2, 0.25) is 0 Å². The van der Waals surface area contributed by atoms with E-state index < -0.39 is 12.5 Å². The van der Waals surface area contributed by atoms with Gasteiger partial charge in [-0.2, -0.15) is 8.78 Å². The molecule has 0 aliphatic rings. The molecule has 1 N–H and O–H groups in total. The van der Waals surface area contributed by atoms with Crippen LogP contribution in [0.1, 0.15) is 16.9 Å². The number of carboxylic acid groups (broad SMARTS) is 1. The molecule has 0 saturated carbocycles. The number of nitrogens with zero attached hydrogens (tertiary/aromatic N) is 1. The van der Waals surface area contributed by atoms with Gasteiger partial charge in [-0.1, -0.05) is 18.2 Å². The minimum absolute atomic E-state index is 0.192. The second-order valence-electron chi connectivity index (χ2n) is 4.66. The number of carboxylic acids is 1. The van der Waals surface area contributed by atoms with Crippen LogP contribution < -0.4 is 0 Å². The Bertz CT molecular complexity index is 824. The maximum absolute atomic E-state index is 12.8. The zero-order valence-electron chi connectivity index (χ0n) is 10.8. The molecule has 1 heterocycles. The molecule has 0 saturated heterocycles. The van der Waals surface area contributed by atoms with Crippen molar-refractivity contribution in [1.29, 1.82) is 0 Å². The summed E-state index contributed by atoms with van der Waals surface area (Å²) in [5.74, 6) is -0.998. The largest absolute Gasteiger partial charge is 0.478 e. The van der Waals surface area contributed by atoms with Gasteiger partial charge in [0.1, 0.15) is 0 Å². The SMILES string of the molecule is O=C(O)c1cccc(-c2ccc3c(ccn3C(F)F)c2)c1. The standard InChI is InChI=1S/C16H11F2NO2/c17-16(18)19-7-6-12-8-11(4-5-14(12)19)10-2-1-3-13(9-10)15(20)21/h1-9,16H,(H,20,21). The Morgan fingerprint density at radius 1 is 1.05 bits per heavy atom. The highest BCUT2D eigenvalue weighted by Crippen LogP contribution is 2.28. The molecule has 0 aliphatic carbocycles. The molecule has 0 spiro atoms. The molecule has 0 aliphatic heterocycles. The molecule has 3 aromatic rings. The van der Waals surface area contributed by atoms with Crippen LogP contribution in [-0.4, -0.2) is 15.6 Å².